The summed E-state index contributed by atoms with van der Waals surface area (Å²) in [6.45, 7) is 2.15. The van der Waals surface area contributed by atoms with E-state index in [1.54, 1.807) is 42.5 Å². The predicted octanol–water partition coefficient (Wildman–Crippen LogP) is 3.12. The lowest BCUT2D eigenvalue weighted by atomic mass is 9.72. The molecule has 1 aliphatic heterocycles. The number of hydrogen-bond acceptors (Lipinski definition) is 6. The molecule has 0 aliphatic carbocycles. The van der Waals surface area contributed by atoms with E-state index in [1.165, 1.54) is 6.07 Å². The van der Waals surface area contributed by atoms with Gasteiger partial charge in [0.1, 0.15) is 5.69 Å². The number of amides is 3. The molecule has 3 amide bonds. The minimum absolute atomic E-state index is 0.0446. The summed E-state index contributed by atoms with van der Waals surface area (Å²) in [7, 11) is 0. The number of nitrogens with zero attached hydrogens (tertiary/aromatic N) is 1. The van der Waals surface area contributed by atoms with Gasteiger partial charge in [-0.2, -0.15) is 0 Å². The number of anilines is 2. The van der Waals surface area contributed by atoms with Gasteiger partial charge in [-0.25, -0.2) is 0 Å². The number of nitro benzene ring substituents is 1. The molecule has 9 nitrogen and oxygen atoms in total. The van der Waals surface area contributed by atoms with E-state index in [-0.39, 0.29) is 36.4 Å². The smallest absolute Gasteiger partial charge is 0.292 e. The van der Waals surface area contributed by atoms with Crippen molar-refractivity contribution in [1.29, 1.82) is 0 Å². The van der Waals surface area contributed by atoms with E-state index in [0.717, 1.165) is 5.56 Å². The van der Waals surface area contributed by atoms with Crippen molar-refractivity contribution < 1.29 is 19.3 Å². The van der Waals surface area contributed by atoms with Crippen molar-refractivity contribution in [2.24, 2.45) is 0 Å². The van der Waals surface area contributed by atoms with Crippen LogP contribution in [0.3, 0.4) is 0 Å². The van der Waals surface area contributed by atoms with E-state index in [1.807, 2.05) is 6.92 Å². The lowest BCUT2D eigenvalue weighted by Gasteiger charge is -2.35. The third kappa shape index (κ3) is 4.88. The monoisotopic (exact) mass is 424 g/mol. The summed E-state index contributed by atoms with van der Waals surface area (Å²) in [6, 6.07) is 13.3. The van der Waals surface area contributed by atoms with Crippen molar-refractivity contribution in [3.8, 4) is 0 Å². The van der Waals surface area contributed by atoms with Gasteiger partial charge in [-0.3, -0.25) is 29.8 Å². The molecule has 2 aromatic rings. The third-order valence-electron chi connectivity index (χ3n) is 5.56. The molecule has 1 saturated heterocycles. The standard InChI is InChI=1S/C22H24N4O5/c1-2-22(13-11-19(27)25-21(22)29)15-7-9-16(10-8-15)24-20(28)12-14-23-17-5-3-4-6-18(17)26(30)31/h3-10,23H,2,11-14H2,1H3,(H,24,28)(H,25,27,29). The molecule has 0 radical (unpaired) electrons. The molecule has 9 heteroatoms. The minimum atomic E-state index is -0.745. The summed E-state index contributed by atoms with van der Waals surface area (Å²) in [4.78, 5) is 46.7. The van der Waals surface area contributed by atoms with Gasteiger partial charge < -0.3 is 10.6 Å². The number of benzene rings is 2. The Kier molecular flexibility index (Phi) is 6.64. The van der Waals surface area contributed by atoms with Crippen LogP contribution in [0.5, 0.6) is 0 Å². The molecule has 0 aromatic heterocycles. The van der Waals surface area contributed by atoms with Crippen LogP contribution in [-0.4, -0.2) is 29.2 Å². The van der Waals surface area contributed by atoms with Crippen LogP contribution in [-0.2, 0) is 19.8 Å². The summed E-state index contributed by atoms with van der Waals surface area (Å²) in [5.41, 5.74) is 0.953. The van der Waals surface area contributed by atoms with Crippen molar-refractivity contribution in [3.05, 3.63) is 64.2 Å². The Labute approximate surface area is 179 Å². The first kappa shape index (κ1) is 21.9. The molecular weight excluding hydrogens is 400 g/mol. The highest BCUT2D eigenvalue weighted by molar-refractivity contribution is 6.03. The first-order chi connectivity index (χ1) is 14.9. The molecule has 0 saturated carbocycles. The highest BCUT2D eigenvalue weighted by atomic mass is 16.6. The average Bonchev–Trinajstić information content (AvgIpc) is 2.75. The SMILES string of the molecule is CCC1(c2ccc(NC(=O)CCNc3ccccc3[N+](=O)[O-])cc2)CCC(=O)NC1=O. The van der Waals surface area contributed by atoms with Crippen LogP contribution in [0.2, 0.25) is 0 Å². The maximum Gasteiger partial charge on any atom is 0.292 e. The maximum absolute atomic E-state index is 12.5. The van der Waals surface area contributed by atoms with Crippen molar-refractivity contribution in [3.63, 3.8) is 0 Å². The number of rotatable bonds is 8. The number of nitro groups is 1. The van der Waals surface area contributed by atoms with Gasteiger partial charge in [-0.1, -0.05) is 31.2 Å². The summed E-state index contributed by atoms with van der Waals surface area (Å²) in [5.74, 6) is -0.790. The number of para-hydroxylation sites is 2. The Morgan fingerprint density at radius 3 is 2.52 bits per heavy atom. The number of piperidine rings is 1. The highest BCUT2D eigenvalue weighted by Crippen LogP contribution is 2.36. The number of carbonyl (C=O) groups excluding carboxylic acids is 3. The molecule has 31 heavy (non-hydrogen) atoms. The minimum Gasteiger partial charge on any atom is -0.379 e. The molecule has 3 N–H and O–H groups in total. The molecule has 1 unspecified atom stereocenters. The van der Waals surface area contributed by atoms with Crippen LogP contribution in [0, 0.1) is 10.1 Å². The predicted molar refractivity (Wildman–Crippen MR) is 116 cm³/mol. The molecular formula is C22H24N4O5. The third-order valence-corrected chi connectivity index (χ3v) is 5.56. The van der Waals surface area contributed by atoms with E-state index in [2.05, 4.69) is 16.0 Å². The number of hydrogen-bond donors (Lipinski definition) is 3. The normalized spacial score (nSPS) is 18.2. The number of imide groups is 1. The topological polar surface area (TPSA) is 130 Å². The van der Waals surface area contributed by atoms with Crippen molar-refractivity contribution >= 4 is 34.8 Å². The van der Waals surface area contributed by atoms with Gasteiger partial charge in [0.15, 0.2) is 0 Å². The number of nitrogens with one attached hydrogen (secondary N) is 3. The fourth-order valence-corrected chi connectivity index (χ4v) is 3.76. The second kappa shape index (κ2) is 9.38. The molecule has 1 heterocycles. The lowest BCUT2D eigenvalue weighted by molar-refractivity contribution is -0.384. The maximum atomic E-state index is 12.5. The molecule has 3 rings (SSSR count). The van der Waals surface area contributed by atoms with Crippen LogP contribution < -0.4 is 16.0 Å². The quantitative estimate of drug-likeness (QED) is 0.339. The van der Waals surface area contributed by atoms with Crippen molar-refractivity contribution in [1.82, 2.24) is 5.32 Å². The zero-order chi connectivity index (χ0) is 22.4. The zero-order valence-corrected chi connectivity index (χ0v) is 17.1. The summed E-state index contributed by atoms with van der Waals surface area (Å²) >= 11 is 0. The summed E-state index contributed by atoms with van der Waals surface area (Å²) < 4.78 is 0. The summed E-state index contributed by atoms with van der Waals surface area (Å²) in [6.07, 6.45) is 1.44. The highest BCUT2D eigenvalue weighted by Gasteiger charge is 2.42. The van der Waals surface area contributed by atoms with E-state index in [9.17, 15) is 24.5 Å². The van der Waals surface area contributed by atoms with Gasteiger partial charge >= 0.3 is 0 Å². The fraction of sp³-hybridized carbons (Fsp3) is 0.318. The van der Waals surface area contributed by atoms with Crippen LogP contribution in [0.15, 0.2) is 48.5 Å². The van der Waals surface area contributed by atoms with Gasteiger partial charge in [0.2, 0.25) is 17.7 Å². The van der Waals surface area contributed by atoms with Gasteiger partial charge in [-0.05, 0) is 36.6 Å². The first-order valence-electron chi connectivity index (χ1n) is 10.1. The molecule has 162 valence electrons. The molecule has 1 aliphatic rings. The Morgan fingerprint density at radius 2 is 1.87 bits per heavy atom. The summed E-state index contributed by atoms with van der Waals surface area (Å²) in [5, 5.41) is 19.1. The van der Waals surface area contributed by atoms with Crippen LogP contribution in [0.1, 0.15) is 38.2 Å². The Balaban J connectivity index is 1.57. The zero-order valence-electron chi connectivity index (χ0n) is 17.1. The Morgan fingerprint density at radius 1 is 1.16 bits per heavy atom. The molecule has 0 bridgehead atoms. The molecule has 2 aromatic carbocycles. The van der Waals surface area contributed by atoms with Crippen molar-refractivity contribution in [2.75, 3.05) is 17.2 Å². The van der Waals surface area contributed by atoms with Crippen LogP contribution in [0.4, 0.5) is 17.1 Å². The van der Waals surface area contributed by atoms with E-state index in [4.69, 9.17) is 0 Å². The van der Waals surface area contributed by atoms with E-state index in [0.29, 0.717) is 30.6 Å². The molecule has 1 atom stereocenters. The second-order valence-electron chi connectivity index (χ2n) is 7.39. The van der Waals surface area contributed by atoms with Gasteiger partial charge in [0.05, 0.1) is 10.3 Å². The van der Waals surface area contributed by atoms with Gasteiger partial charge in [-0.15, -0.1) is 0 Å². The van der Waals surface area contributed by atoms with Crippen LogP contribution in [0.25, 0.3) is 0 Å². The Hall–Kier alpha value is -3.75. The van der Waals surface area contributed by atoms with Crippen molar-refractivity contribution in [2.45, 2.75) is 38.0 Å². The largest absolute Gasteiger partial charge is 0.379 e. The molecule has 0 spiro atoms. The fourth-order valence-electron chi connectivity index (χ4n) is 3.76. The van der Waals surface area contributed by atoms with E-state index >= 15 is 0 Å². The van der Waals surface area contributed by atoms with Gasteiger partial charge in [0, 0.05) is 31.1 Å². The first-order valence-corrected chi connectivity index (χ1v) is 10.1. The van der Waals surface area contributed by atoms with E-state index < -0.39 is 10.3 Å². The van der Waals surface area contributed by atoms with Gasteiger partial charge in [0.25, 0.3) is 5.69 Å². The lowest BCUT2D eigenvalue weighted by Crippen LogP contribution is -2.51. The Bertz CT molecular complexity index is 1010. The number of carbonyl (C=O) groups is 3. The second-order valence-corrected chi connectivity index (χ2v) is 7.39. The average molecular weight is 424 g/mol. The van der Waals surface area contributed by atoms with Crippen LogP contribution >= 0.6 is 0 Å². The molecule has 1 fully saturated rings.